The van der Waals surface area contributed by atoms with E-state index < -0.39 is 0 Å². The lowest BCUT2D eigenvalue weighted by atomic mass is 9.70. The topological polar surface area (TPSA) is 44.8 Å². The smallest absolute Gasteiger partial charge is 0.224 e. The Hall–Kier alpha value is -1.59. The molecule has 0 unspecified atom stereocenters. The van der Waals surface area contributed by atoms with Gasteiger partial charge in [0.2, 0.25) is 5.91 Å². The lowest BCUT2D eigenvalue weighted by Gasteiger charge is -2.51. The average molecular weight is 343 g/mol. The lowest BCUT2D eigenvalue weighted by Crippen LogP contribution is -2.70. The van der Waals surface area contributed by atoms with Crippen LogP contribution in [0.15, 0.2) is 24.3 Å². The van der Waals surface area contributed by atoms with Crippen molar-refractivity contribution in [3.05, 3.63) is 29.8 Å². The van der Waals surface area contributed by atoms with Crippen molar-refractivity contribution in [3.8, 4) is 0 Å². The Morgan fingerprint density at radius 3 is 2.64 bits per heavy atom. The van der Waals surface area contributed by atoms with E-state index in [1.807, 2.05) is 14.1 Å². The zero-order chi connectivity index (χ0) is 17.4. The summed E-state index contributed by atoms with van der Waals surface area (Å²) in [7, 11) is 4.05. The van der Waals surface area contributed by atoms with E-state index in [4.69, 9.17) is 4.74 Å². The second-order valence-corrected chi connectivity index (χ2v) is 7.85. The standard InChI is InChI=1S/C20H29N3O2/c1-22(2)15-7-5-14(6-8-15)13-17(24)21-18-16-9-12-25-20(16)19(18)23-10-3-4-11-23/h5-8,16,18-20H,3-4,9-13H2,1-2H3,(H,21,24)/t16-,18+,19-,20-/m1/s1. The summed E-state index contributed by atoms with van der Waals surface area (Å²) >= 11 is 0. The molecule has 5 heteroatoms. The van der Waals surface area contributed by atoms with Crippen molar-refractivity contribution in [1.82, 2.24) is 10.2 Å². The van der Waals surface area contributed by atoms with Gasteiger partial charge in [-0.15, -0.1) is 0 Å². The third kappa shape index (κ3) is 3.27. The molecule has 136 valence electrons. The molecule has 25 heavy (non-hydrogen) atoms. The predicted octanol–water partition coefficient (Wildman–Crippen LogP) is 1.66. The molecule has 1 aliphatic carbocycles. The van der Waals surface area contributed by atoms with Gasteiger partial charge >= 0.3 is 0 Å². The van der Waals surface area contributed by atoms with Crippen molar-refractivity contribution in [3.63, 3.8) is 0 Å². The molecular weight excluding hydrogens is 314 g/mol. The van der Waals surface area contributed by atoms with Crippen LogP contribution in [0.3, 0.4) is 0 Å². The van der Waals surface area contributed by atoms with E-state index in [9.17, 15) is 4.79 Å². The molecule has 4 rings (SSSR count). The minimum absolute atomic E-state index is 0.136. The number of amides is 1. The number of hydrogen-bond donors (Lipinski definition) is 1. The number of likely N-dealkylation sites (tertiary alicyclic amines) is 1. The number of nitrogens with zero attached hydrogens (tertiary/aromatic N) is 2. The Morgan fingerprint density at radius 1 is 1.24 bits per heavy atom. The van der Waals surface area contributed by atoms with Gasteiger partial charge in [0.15, 0.2) is 0 Å². The van der Waals surface area contributed by atoms with E-state index in [-0.39, 0.29) is 11.9 Å². The van der Waals surface area contributed by atoms with Crippen LogP contribution in [0, 0.1) is 5.92 Å². The second-order valence-electron chi connectivity index (χ2n) is 7.85. The molecule has 1 amide bonds. The third-order valence-electron chi connectivity index (χ3n) is 6.06. The van der Waals surface area contributed by atoms with Gasteiger partial charge in [-0.2, -0.15) is 0 Å². The van der Waals surface area contributed by atoms with Crippen molar-refractivity contribution in [1.29, 1.82) is 0 Å². The van der Waals surface area contributed by atoms with Crippen LogP contribution in [-0.2, 0) is 16.0 Å². The van der Waals surface area contributed by atoms with Gasteiger partial charge in [-0.3, -0.25) is 9.69 Å². The van der Waals surface area contributed by atoms with Crippen LogP contribution in [0.2, 0.25) is 0 Å². The molecule has 4 atom stereocenters. The number of anilines is 1. The van der Waals surface area contributed by atoms with Crippen LogP contribution in [0.4, 0.5) is 5.69 Å². The van der Waals surface area contributed by atoms with Crippen LogP contribution in [0.5, 0.6) is 0 Å². The van der Waals surface area contributed by atoms with Gasteiger partial charge in [-0.25, -0.2) is 0 Å². The van der Waals surface area contributed by atoms with Gasteiger partial charge in [0.25, 0.3) is 0 Å². The van der Waals surface area contributed by atoms with Gasteiger partial charge in [0.05, 0.1) is 24.6 Å². The monoisotopic (exact) mass is 343 g/mol. The van der Waals surface area contributed by atoms with Crippen molar-refractivity contribution >= 4 is 11.6 Å². The van der Waals surface area contributed by atoms with Crippen LogP contribution >= 0.6 is 0 Å². The summed E-state index contributed by atoms with van der Waals surface area (Å²) in [6.07, 6.45) is 4.41. The summed E-state index contributed by atoms with van der Waals surface area (Å²) in [6, 6.07) is 8.89. The molecule has 5 nitrogen and oxygen atoms in total. The van der Waals surface area contributed by atoms with E-state index in [1.165, 1.54) is 12.8 Å². The molecule has 3 fully saturated rings. The molecule has 1 aromatic carbocycles. The fraction of sp³-hybridized carbons (Fsp3) is 0.650. The molecule has 0 bridgehead atoms. The fourth-order valence-corrected chi connectivity index (χ4v) is 4.68. The second kappa shape index (κ2) is 6.96. The molecule has 3 aliphatic rings. The van der Waals surface area contributed by atoms with Crippen LogP contribution in [0.1, 0.15) is 24.8 Å². The molecule has 2 heterocycles. The van der Waals surface area contributed by atoms with Crippen molar-refractivity contribution < 1.29 is 9.53 Å². The van der Waals surface area contributed by atoms with Crippen LogP contribution in [-0.4, -0.2) is 62.8 Å². The van der Waals surface area contributed by atoms with E-state index >= 15 is 0 Å². The first-order valence-electron chi connectivity index (χ1n) is 9.55. The highest BCUT2D eigenvalue weighted by atomic mass is 16.5. The predicted molar refractivity (Wildman–Crippen MR) is 98.8 cm³/mol. The number of rotatable bonds is 5. The Labute approximate surface area is 150 Å². The number of ether oxygens (including phenoxy) is 1. The molecule has 1 aromatic rings. The molecule has 1 N–H and O–H groups in total. The highest BCUT2D eigenvalue weighted by Gasteiger charge is 2.56. The largest absolute Gasteiger partial charge is 0.378 e. The number of carbonyl (C=O) groups excluding carboxylic acids is 1. The van der Waals surface area contributed by atoms with Crippen LogP contribution in [0.25, 0.3) is 0 Å². The van der Waals surface area contributed by atoms with E-state index in [2.05, 4.69) is 39.4 Å². The summed E-state index contributed by atoms with van der Waals surface area (Å²) in [5.41, 5.74) is 2.22. The summed E-state index contributed by atoms with van der Waals surface area (Å²) in [5, 5.41) is 3.33. The quantitative estimate of drug-likeness (QED) is 0.883. The average Bonchev–Trinajstić information content (AvgIpc) is 3.24. The minimum Gasteiger partial charge on any atom is -0.378 e. The summed E-state index contributed by atoms with van der Waals surface area (Å²) in [4.78, 5) is 17.2. The Balaban J connectivity index is 1.37. The number of nitrogens with one attached hydrogen (secondary N) is 1. The molecule has 0 aromatic heterocycles. The Kier molecular flexibility index (Phi) is 4.69. The number of carbonyl (C=O) groups is 1. The zero-order valence-electron chi connectivity index (χ0n) is 15.3. The van der Waals surface area contributed by atoms with E-state index in [0.29, 0.717) is 24.5 Å². The summed E-state index contributed by atoms with van der Waals surface area (Å²) in [5.74, 6) is 0.641. The van der Waals surface area contributed by atoms with Gasteiger partial charge in [-0.05, 0) is 50.0 Å². The first-order chi connectivity index (χ1) is 12.1. The molecular formula is C20H29N3O2. The highest BCUT2D eigenvalue weighted by Crippen LogP contribution is 2.42. The maximum absolute atomic E-state index is 12.6. The molecule has 1 saturated carbocycles. The first kappa shape index (κ1) is 16.9. The zero-order valence-corrected chi connectivity index (χ0v) is 15.3. The molecule has 2 aliphatic heterocycles. The molecule has 2 saturated heterocycles. The van der Waals surface area contributed by atoms with E-state index in [0.717, 1.165) is 37.4 Å². The lowest BCUT2D eigenvalue weighted by molar-refractivity contribution is -0.128. The maximum Gasteiger partial charge on any atom is 0.224 e. The normalized spacial score (nSPS) is 31.4. The number of benzene rings is 1. The van der Waals surface area contributed by atoms with E-state index in [1.54, 1.807) is 0 Å². The van der Waals surface area contributed by atoms with Gasteiger partial charge < -0.3 is 15.0 Å². The van der Waals surface area contributed by atoms with Crippen molar-refractivity contribution in [2.24, 2.45) is 5.92 Å². The first-order valence-corrected chi connectivity index (χ1v) is 9.55. The number of fused-ring (bicyclic) bond motifs is 1. The van der Waals surface area contributed by atoms with Gasteiger partial charge in [-0.1, -0.05) is 12.1 Å². The van der Waals surface area contributed by atoms with Gasteiger partial charge in [0.1, 0.15) is 0 Å². The van der Waals surface area contributed by atoms with Crippen molar-refractivity contribution in [2.75, 3.05) is 38.7 Å². The summed E-state index contributed by atoms with van der Waals surface area (Å²) in [6.45, 7) is 3.14. The minimum atomic E-state index is 0.136. The summed E-state index contributed by atoms with van der Waals surface area (Å²) < 4.78 is 5.94. The van der Waals surface area contributed by atoms with Gasteiger partial charge in [0, 0.05) is 32.3 Å². The SMILES string of the molecule is CN(C)c1ccc(CC(=O)N[C@H]2[C@H]3CCO[C@H]3[C@@H]2N2CCCC2)cc1. The molecule has 0 radical (unpaired) electrons. The van der Waals surface area contributed by atoms with Crippen molar-refractivity contribution in [2.45, 2.75) is 43.9 Å². The highest BCUT2D eigenvalue weighted by molar-refractivity contribution is 5.79. The fourth-order valence-electron chi connectivity index (χ4n) is 4.68. The Bertz CT molecular complexity index is 605. The number of hydrogen-bond acceptors (Lipinski definition) is 4. The van der Waals surface area contributed by atoms with Crippen LogP contribution < -0.4 is 10.2 Å². The molecule has 0 spiro atoms. The maximum atomic E-state index is 12.6. The third-order valence-corrected chi connectivity index (χ3v) is 6.06. The Morgan fingerprint density at radius 2 is 1.96 bits per heavy atom.